The molecule has 4 heterocycles. The Morgan fingerprint density at radius 1 is 1.14 bits per heavy atom. The second kappa shape index (κ2) is 10.6. The first-order chi connectivity index (χ1) is 21.0. The molecule has 1 amide bonds. The number of hydrogen-bond acceptors (Lipinski definition) is 8. The van der Waals surface area contributed by atoms with Crippen molar-refractivity contribution < 1.29 is 23.8 Å². The standard InChI is InChI=1S/C32H32F2N6O4/c1-6-21(43)38-13-17(5)39-18(14-38)12-36-28-24-30(26(34)23(25(28)33)22-19(41)8-7-9-20(22)42)40(32(44)37-31(24)39)29-16(4)10-11-35-27(29)15(2)3/h6-11,15,17-18,36,41-42H,1,12-14H2,2-5H3. The summed E-state index contributed by atoms with van der Waals surface area (Å²) in [5.74, 6) is -3.70. The van der Waals surface area contributed by atoms with Gasteiger partial charge in [0.05, 0.1) is 39.6 Å². The number of aromatic hydroxyl groups is 2. The predicted molar refractivity (Wildman–Crippen MR) is 164 cm³/mol. The van der Waals surface area contributed by atoms with Crippen LogP contribution in [0.2, 0.25) is 0 Å². The number of hydrogen-bond donors (Lipinski definition) is 3. The molecule has 3 N–H and O–H groups in total. The van der Waals surface area contributed by atoms with Crippen molar-refractivity contribution in [2.75, 3.05) is 29.9 Å². The highest BCUT2D eigenvalue weighted by atomic mass is 19.1. The molecule has 4 aromatic rings. The van der Waals surface area contributed by atoms with Gasteiger partial charge in [-0.25, -0.2) is 13.6 Å². The van der Waals surface area contributed by atoms with Gasteiger partial charge >= 0.3 is 5.69 Å². The average molecular weight is 603 g/mol. The van der Waals surface area contributed by atoms with Crippen molar-refractivity contribution in [2.45, 2.75) is 45.7 Å². The smallest absolute Gasteiger partial charge is 0.354 e. The van der Waals surface area contributed by atoms with Crippen LogP contribution in [0.5, 0.6) is 11.5 Å². The maximum absolute atomic E-state index is 17.2. The lowest BCUT2D eigenvalue weighted by Gasteiger charge is -2.45. The van der Waals surface area contributed by atoms with Crippen molar-refractivity contribution in [2.24, 2.45) is 0 Å². The number of carbonyl (C=O) groups is 1. The molecule has 2 aliphatic rings. The van der Waals surface area contributed by atoms with E-state index in [1.807, 2.05) is 25.7 Å². The zero-order valence-corrected chi connectivity index (χ0v) is 24.7. The van der Waals surface area contributed by atoms with Crippen LogP contribution in [0.3, 0.4) is 0 Å². The summed E-state index contributed by atoms with van der Waals surface area (Å²) < 4.78 is 35.0. The molecule has 0 bridgehead atoms. The number of piperazine rings is 1. The van der Waals surface area contributed by atoms with Crippen LogP contribution in [0.25, 0.3) is 27.7 Å². The van der Waals surface area contributed by atoms with E-state index in [4.69, 9.17) is 0 Å². The van der Waals surface area contributed by atoms with Crippen LogP contribution in [0.15, 0.2) is 47.9 Å². The van der Waals surface area contributed by atoms with Gasteiger partial charge in [-0.05, 0) is 49.6 Å². The molecule has 0 spiro atoms. The van der Waals surface area contributed by atoms with Crippen LogP contribution in [-0.4, -0.2) is 67.3 Å². The number of aromatic nitrogens is 3. The summed E-state index contributed by atoms with van der Waals surface area (Å²) in [7, 11) is 0. The molecule has 0 radical (unpaired) electrons. The van der Waals surface area contributed by atoms with Crippen LogP contribution in [0, 0.1) is 18.6 Å². The van der Waals surface area contributed by atoms with Gasteiger partial charge in [-0.3, -0.25) is 14.3 Å². The van der Waals surface area contributed by atoms with Crippen molar-refractivity contribution in [3.05, 3.63) is 76.5 Å². The Morgan fingerprint density at radius 3 is 2.50 bits per heavy atom. The van der Waals surface area contributed by atoms with E-state index in [2.05, 4.69) is 21.9 Å². The normalized spacial score (nSPS) is 17.8. The molecule has 1 saturated heterocycles. The van der Waals surface area contributed by atoms with Crippen LogP contribution < -0.4 is 15.9 Å². The highest BCUT2D eigenvalue weighted by molar-refractivity contribution is 6.06. The average Bonchev–Trinajstić information content (AvgIpc) is 3.14. The largest absolute Gasteiger partial charge is 0.507 e. The SMILES string of the molecule is C=CC(=O)N1CC(C)N2c3nc(=O)n(-c4c(C)ccnc4C(C)C)c4c(F)c(-c5c(O)cccc5O)c(F)c(c34)NCC2C1. The molecule has 12 heteroatoms. The molecule has 2 aromatic carbocycles. The molecule has 2 aliphatic heterocycles. The Kier molecular flexibility index (Phi) is 7.02. The van der Waals surface area contributed by atoms with Gasteiger partial charge in [0.2, 0.25) is 5.91 Å². The molecule has 1 fully saturated rings. The number of fused-ring (bicyclic) bond motifs is 2. The molecular formula is C32H32F2N6O4. The van der Waals surface area contributed by atoms with Crippen LogP contribution in [0.1, 0.15) is 37.9 Å². The molecule has 2 aromatic heterocycles. The third kappa shape index (κ3) is 4.27. The number of phenolic OH excluding ortho intramolecular Hbond substituents is 2. The van der Waals surface area contributed by atoms with E-state index >= 15 is 8.78 Å². The zero-order chi connectivity index (χ0) is 31.6. The summed E-state index contributed by atoms with van der Waals surface area (Å²) in [6.07, 6.45) is 2.82. The van der Waals surface area contributed by atoms with Crippen molar-refractivity contribution >= 4 is 28.3 Å². The molecule has 2 unspecified atom stereocenters. The minimum absolute atomic E-state index is 0.0223. The van der Waals surface area contributed by atoms with Crippen LogP contribution in [0.4, 0.5) is 20.3 Å². The molecule has 10 nitrogen and oxygen atoms in total. The lowest BCUT2D eigenvalue weighted by molar-refractivity contribution is -0.127. The third-order valence-electron chi connectivity index (χ3n) is 8.42. The van der Waals surface area contributed by atoms with E-state index in [-0.39, 0.29) is 59.9 Å². The Hall–Kier alpha value is -5.00. The van der Waals surface area contributed by atoms with Gasteiger partial charge in [-0.1, -0.05) is 26.5 Å². The maximum atomic E-state index is 17.2. The summed E-state index contributed by atoms with van der Waals surface area (Å²) >= 11 is 0. The number of phenols is 2. The molecule has 0 aliphatic carbocycles. The number of benzene rings is 2. The monoisotopic (exact) mass is 602 g/mol. The topological polar surface area (TPSA) is 124 Å². The lowest BCUT2D eigenvalue weighted by atomic mass is 9.97. The second-order valence-electron chi connectivity index (χ2n) is 11.6. The second-order valence-corrected chi connectivity index (χ2v) is 11.6. The molecular weight excluding hydrogens is 570 g/mol. The summed E-state index contributed by atoms with van der Waals surface area (Å²) in [5, 5.41) is 24.5. The number of anilines is 2. The quantitative estimate of drug-likeness (QED) is 0.290. The minimum Gasteiger partial charge on any atom is -0.507 e. The zero-order valence-electron chi connectivity index (χ0n) is 24.7. The Balaban J connectivity index is 1.78. The molecule has 6 rings (SSSR count). The molecule has 44 heavy (non-hydrogen) atoms. The summed E-state index contributed by atoms with van der Waals surface area (Å²) in [6, 6.07) is 4.62. The fourth-order valence-electron chi connectivity index (χ4n) is 6.50. The molecule has 2 atom stereocenters. The van der Waals surface area contributed by atoms with Crippen molar-refractivity contribution in [3.8, 4) is 28.3 Å². The van der Waals surface area contributed by atoms with E-state index in [1.54, 1.807) is 24.1 Å². The first-order valence-corrected chi connectivity index (χ1v) is 14.3. The van der Waals surface area contributed by atoms with Gasteiger partial charge in [0.1, 0.15) is 22.8 Å². The number of aryl methyl sites for hydroxylation is 1. The number of carbonyl (C=O) groups excluding carboxylic acids is 1. The highest BCUT2D eigenvalue weighted by Gasteiger charge is 2.40. The summed E-state index contributed by atoms with van der Waals surface area (Å²) in [6.45, 7) is 11.6. The first kappa shape index (κ1) is 29.1. The van der Waals surface area contributed by atoms with E-state index in [0.717, 1.165) is 4.57 Å². The minimum atomic E-state index is -1.16. The number of pyridine rings is 1. The lowest BCUT2D eigenvalue weighted by Crippen LogP contribution is -2.61. The van der Waals surface area contributed by atoms with Gasteiger partial charge in [0.25, 0.3) is 0 Å². The highest BCUT2D eigenvalue weighted by Crippen LogP contribution is 2.48. The summed E-state index contributed by atoms with van der Waals surface area (Å²) in [4.78, 5) is 39.1. The number of halogens is 2. The van der Waals surface area contributed by atoms with Gasteiger partial charge in [-0.15, -0.1) is 0 Å². The first-order valence-electron chi connectivity index (χ1n) is 14.3. The Labute approximate surface area is 251 Å². The van der Waals surface area contributed by atoms with E-state index in [0.29, 0.717) is 16.9 Å². The van der Waals surface area contributed by atoms with E-state index in [1.165, 1.54) is 24.3 Å². The van der Waals surface area contributed by atoms with Gasteiger partial charge in [0.15, 0.2) is 11.6 Å². The van der Waals surface area contributed by atoms with Gasteiger partial charge < -0.3 is 25.3 Å². The summed E-state index contributed by atoms with van der Waals surface area (Å²) in [5.41, 5.74) is -0.967. The van der Waals surface area contributed by atoms with E-state index in [9.17, 15) is 19.8 Å². The Morgan fingerprint density at radius 2 is 1.84 bits per heavy atom. The number of nitrogens with one attached hydrogen (secondary N) is 1. The van der Waals surface area contributed by atoms with Crippen LogP contribution >= 0.6 is 0 Å². The molecule has 0 saturated carbocycles. The molecule has 228 valence electrons. The predicted octanol–water partition coefficient (Wildman–Crippen LogP) is 4.59. The Bertz CT molecular complexity index is 1900. The van der Waals surface area contributed by atoms with E-state index < -0.39 is 46.0 Å². The number of nitrogens with zero attached hydrogens (tertiary/aromatic N) is 5. The van der Waals surface area contributed by atoms with Gasteiger partial charge in [0, 0.05) is 31.9 Å². The van der Waals surface area contributed by atoms with Gasteiger partial charge in [-0.2, -0.15) is 4.98 Å². The van der Waals surface area contributed by atoms with Crippen molar-refractivity contribution in [1.82, 2.24) is 19.4 Å². The van der Waals surface area contributed by atoms with Crippen LogP contribution in [-0.2, 0) is 4.79 Å². The third-order valence-corrected chi connectivity index (χ3v) is 8.42. The van der Waals surface area contributed by atoms with Crippen molar-refractivity contribution in [1.29, 1.82) is 0 Å². The fraction of sp³-hybridized carbons (Fsp3) is 0.312. The number of rotatable bonds is 4. The fourth-order valence-corrected chi connectivity index (χ4v) is 6.50. The van der Waals surface area contributed by atoms with Crippen molar-refractivity contribution in [3.63, 3.8) is 0 Å². The maximum Gasteiger partial charge on any atom is 0.354 e. The number of amides is 1.